The van der Waals surface area contributed by atoms with E-state index in [1.54, 1.807) is 0 Å². The molecule has 1 aliphatic carbocycles. The van der Waals surface area contributed by atoms with Gasteiger partial charge in [-0.3, -0.25) is 0 Å². The predicted octanol–water partition coefficient (Wildman–Crippen LogP) is 4.88. The van der Waals surface area contributed by atoms with Crippen LogP contribution in [-0.4, -0.2) is 6.54 Å². The van der Waals surface area contributed by atoms with Gasteiger partial charge in [0.25, 0.3) is 0 Å². The molecule has 1 aliphatic rings. The fourth-order valence-electron chi connectivity index (χ4n) is 2.63. The summed E-state index contributed by atoms with van der Waals surface area (Å²) in [6.45, 7) is 4.37. The molecule has 17 heavy (non-hydrogen) atoms. The largest absolute Gasteiger partial charge is 0.312 e. The van der Waals surface area contributed by atoms with Crippen molar-refractivity contribution in [3.05, 3.63) is 20.3 Å². The first-order valence-electron chi connectivity index (χ1n) is 6.71. The lowest BCUT2D eigenvalue weighted by Gasteiger charge is -2.08. The molecule has 0 aliphatic heterocycles. The van der Waals surface area contributed by atoms with Gasteiger partial charge in [-0.2, -0.15) is 0 Å². The minimum atomic E-state index is 1.03. The molecular weight excluding hydrogens is 294 g/mol. The van der Waals surface area contributed by atoms with Gasteiger partial charge in [0.1, 0.15) is 0 Å². The molecule has 0 atom stereocenters. The van der Waals surface area contributed by atoms with Crippen molar-refractivity contribution in [2.45, 2.75) is 52.0 Å². The van der Waals surface area contributed by atoms with Gasteiger partial charge in [0.05, 0.1) is 0 Å². The van der Waals surface area contributed by atoms with E-state index in [0.29, 0.717) is 0 Å². The zero-order valence-corrected chi connectivity index (χ0v) is 13.0. The van der Waals surface area contributed by atoms with Crippen LogP contribution < -0.4 is 5.32 Å². The average molecular weight is 316 g/mol. The highest BCUT2D eigenvalue weighted by molar-refractivity contribution is 9.10. The summed E-state index contributed by atoms with van der Waals surface area (Å²) < 4.78 is 1.25. The van der Waals surface area contributed by atoms with E-state index in [1.165, 1.54) is 59.3 Å². The van der Waals surface area contributed by atoms with Crippen LogP contribution >= 0.6 is 27.3 Å². The highest BCUT2D eigenvalue weighted by Crippen LogP contribution is 2.28. The molecule has 0 saturated heterocycles. The number of rotatable bonds is 6. The van der Waals surface area contributed by atoms with Crippen molar-refractivity contribution in [3.8, 4) is 0 Å². The lowest BCUT2D eigenvalue weighted by molar-refractivity contribution is 0.471. The number of thiophene rings is 1. The van der Waals surface area contributed by atoms with E-state index in [1.807, 2.05) is 11.3 Å². The Morgan fingerprint density at radius 2 is 2.18 bits per heavy atom. The number of hydrogen-bond acceptors (Lipinski definition) is 2. The summed E-state index contributed by atoms with van der Waals surface area (Å²) in [7, 11) is 0. The van der Waals surface area contributed by atoms with E-state index in [9.17, 15) is 0 Å². The summed E-state index contributed by atoms with van der Waals surface area (Å²) in [6.07, 6.45) is 8.69. The predicted molar refractivity (Wildman–Crippen MR) is 79.7 cm³/mol. The Hall–Kier alpha value is 0.140. The average Bonchev–Trinajstić information content (AvgIpc) is 2.90. The Morgan fingerprint density at radius 3 is 2.82 bits per heavy atom. The summed E-state index contributed by atoms with van der Waals surface area (Å²) in [4.78, 5) is 2.82. The van der Waals surface area contributed by atoms with Crippen molar-refractivity contribution in [1.29, 1.82) is 0 Å². The van der Waals surface area contributed by atoms with E-state index < -0.39 is 0 Å². The van der Waals surface area contributed by atoms with Crippen molar-refractivity contribution < 1.29 is 0 Å². The molecule has 1 nitrogen and oxygen atoms in total. The molecule has 1 saturated carbocycles. The topological polar surface area (TPSA) is 12.0 Å². The van der Waals surface area contributed by atoms with E-state index >= 15 is 0 Å². The summed E-state index contributed by atoms with van der Waals surface area (Å²) in [5, 5.41) is 3.56. The first-order chi connectivity index (χ1) is 8.25. The lowest BCUT2D eigenvalue weighted by atomic mass is 10.0. The van der Waals surface area contributed by atoms with Crippen LogP contribution in [0.5, 0.6) is 0 Å². The summed E-state index contributed by atoms with van der Waals surface area (Å²) in [5.41, 5.74) is 0. The van der Waals surface area contributed by atoms with Crippen molar-refractivity contribution in [2.24, 2.45) is 5.92 Å². The van der Waals surface area contributed by atoms with E-state index in [-0.39, 0.29) is 0 Å². The summed E-state index contributed by atoms with van der Waals surface area (Å²) in [5.74, 6) is 1.04. The van der Waals surface area contributed by atoms with Crippen LogP contribution in [0.4, 0.5) is 0 Å². The molecule has 0 unspecified atom stereocenters. The molecule has 0 radical (unpaired) electrons. The molecule has 1 aromatic rings. The van der Waals surface area contributed by atoms with Gasteiger partial charge in [-0.15, -0.1) is 11.3 Å². The van der Waals surface area contributed by atoms with Crippen LogP contribution in [0.15, 0.2) is 10.5 Å². The second-order valence-electron chi connectivity index (χ2n) is 5.09. The Balaban J connectivity index is 1.56. The summed E-state index contributed by atoms with van der Waals surface area (Å²) >= 11 is 5.45. The zero-order chi connectivity index (χ0) is 12.1. The van der Waals surface area contributed by atoms with Crippen molar-refractivity contribution in [2.75, 3.05) is 6.54 Å². The molecule has 1 aromatic heterocycles. The smallest absolute Gasteiger partial charge is 0.0314 e. The van der Waals surface area contributed by atoms with E-state index in [0.717, 1.165) is 12.5 Å². The molecule has 1 heterocycles. The second-order valence-corrected chi connectivity index (χ2v) is 7.28. The van der Waals surface area contributed by atoms with Crippen molar-refractivity contribution in [3.63, 3.8) is 0 Å². The van der Waals surface area contributed by atoms with Gasteiger partial charge in [0, 0.05) is 20.8 Å². The van der Waals surface area contributed by atoms with Gasteiger partial charge < -0.3 is 5.32 Å². The number of halogens is 1. The SMILES string of the molecule is Cc1sc(CNCCCC2CCCC2)cc1Br. The van der Waals surface area contributed by atoms with Gasteiger partial charge in [0.2, 0.25) is 0 Å². The normalized spacial score (nSPS) is 16.8. The van der Waals surface area contributed by atoms with Gasteiger partial charge in [-0.1, -0.05) is 25.7 Å². The Labute approximate surface area is 117 Å². The number of hydrogen-bond donors (Lipinski definition) is 1. The fourth-order valence-corrected chi connectivity index (χ4v) is 4.20. The lowest BCUT2D eigenvalue weighted by Crippen LogP contribution is -2.14. The van der Waals surface area contributed by atoms with Gasteiger partial charge in [-0.05, 0) is 54.2 Å². The van der Waals surface area contributed by atoms with E-state index in [4.69, 9.17) is 0 Å². The molecule has 0 bridgehead atoms. The molecule has 1 N–H and O–H groups in total. The van der Waals surface area contributed by atoms with Crippen LogP contribution in [0.1, 0.15) is 48.3 Å². The maximum atomic E-state index is 3.57. The minimum Gasteiger partial charge on any atom is -0.312 e. The van der Waals surface area contributed by atoms with Crippen LogP contribution in [0.3, 0.4) is 0 Å². The zero-order valence-electron chi connectivity index (χ0n) is 10.6. The maximum Gasteiger partial charge on any atom is 0.0314 e. The fraction of sp³-hybridized carbons (Fsp3) is 0.714. The highest BCUT2D eigenvalue weighted by atomic mass is 79.9. The van der Waals surface area contributed by atoms with Crippen molar-refractivity contribution >= 4 is 27.3 Å². The van der Waals surface area contributed by atoms with Crippen LogP contribution in [0.25, 0.3) is 0 Å². The van der Waals surface area contributed by atoms with Crippen LogP contribution in [0, 0.1) is 12.8 Å². The van der Waals surface area contributed by atoms with E-state index in [2.05, 4.69) is 34.2 Å². The highest BCUT2D eigenvalue weighted by Gasteiger charge is 2.13. The molecule has 3 heteroatoms. The van der Waals surface area contributed by atoms with Gasteiger partial charge in [0.15, 0.2) is 0 Å². The van der Waals surface area contributed by atoms with Crippen molar-refractivity contribution in [1.82, 2.24) is 5.32 Å². The van der Waals surface area contributed by atoms with Gasteiger partial charge in [-0.25, -0.2) is 0 Å². The van der Waals surface area contributed by atoms with Gasteiger partial charge >= 0.3 is 0 Å². The first-order valence-corrected chi connectivity index (χ1v) is 8.32. The maximum absolute atomic E-state index is 3.57. The quantitative estimate of drug-likeness (QED) is 0.738. The minimum absolute atomic E-state index is 1.03. The molecule has 0 aromatic carbocycles. The first kappa shape index (κ1) is 13.6. The standard InChI is InChI=1S/C14H22BrNS/c1-11-14(15)9-13(17-11)10-16-8-4-7-12-5-2-3-6-12/h9,12,16H,2-8,10H2,1H3. The Bertz CT molecular complexity index is 322. The third-order valence-corrected chi connectivity index (χ3v) is 5.78. The Kier molecular flexibility index (Phi) is 5.51. The third-order valence-electron chi connectivity index (χ3n) is 3.65. The van der Waals surface area contributed by atoms with Crippen LogP contribution in [0.2, 0.25) is 0 Å². The molecule has 96 valence electrons. The summed E-state index contributed by atoms with van der Waals surface area (Å²) in [6, 6.07) is 2.24. The molecule has 1 fully saturated rings. The Morgan fingerprint density at radius 1 is 1.41 bits per heavy atom. The molecular formula is C14H22BrNS. The monoisotopic (exact) mass is 315 g/mol. The number of aryl methyl sites for hydroxylation is 1. The molecule has 0 spiro atoms. The third kappa shape index (κ3) is 4.38. The molecule has 0 amide bonds. The molecule has 2 rings (SSSR count). The second kappa shape index (κ2) is 6.91. The van der Waals surface area contributed by atoms with Crippen LogP contribution in [-0.2, 0) is 6.54 Å². The number of nitrogens with one attached hydrogen (secondary N) is 1.